The van der Waals surface area contributed by atoms with Gasteiger partial charge < -0.3 is 13.6 Å². The summed E-state index contributed by atoms with van der Waals surface area (Å²) < 4.78 is 11.8. The molecule has 0 radical (unpaired) electrons. The lowest BCUT2D eigenvalue weighted by Gasteiger charge is -2.13. The summed E-state index contributed by atoms with van der Waals surface area (Å²) in [5, 5.41) is 9.73. The highest BCUT2D eigenvalue weighted by atomic mass is 16.3. The van der Waals surface area contributed by atoms with Gasteiger partial charge in [-0.05, 0) is 86.6 Å². The smallest absolute Gasteiger partial charge is 0.160 e. The maximum atomic E-state index is 6.94. The predicted molar refractivity (Wildman–Crippen MR) is 230 cm³/mol. The van der Waals surface area contributed by atoms with Crippen LogP contribution in [0.3, 0.4) is 0 Å². The van der Waals surface area contributed by atoms with Crippen molar-refractivity contribution in [1.82, 2.24) is 9.13 Å². The first-order valence-corrected chi connectivity index (χ1v) is 18.9. The zero-order chi connectivity index (χ0) is 35.8. The van der Waals surface area contributed by atoms with E-state index < -0.39 is 0 Å². The Morgan fingerprint density at radius 3 is 1.62 bits per heavy atom. The maximum absolute atomic E-state index is 6.94. The van der Waals surface area contributed by atoms with Gasteiger partial charge in [0.1, 0.15) is 5.58 Å². The minimum absolute atomic E-state index is 0.894. The molecule has 0 saturated heterocycles. The molecule has 0 amide bonds. The van der Waals surface area contributed by atoms with E-state index in [1.165, 1.54) is 76.7 Å². The Kier molecular flexibility index (Phi) is 5.63. The number of hydrogen-bond acceptors (Lipinski definition) is 1. The van der Waals surface area contributed by atoms with Gasteiger partial charge in [0.25, 0.3) is 0 Å². The number of benzene rings is 9. The molecule has 0 atom stereocenters. The standard InChI is InChI=1S/C52H30N2O/c1-2-13-32(14-3-1)54-44-23-10-7-18-41(44)49-50-47(48-42-19-8-11-24-45(42)55-52(48)51(49)54)40-17-6-9-22-43(40)53(50)33-27-25-31(26-28-33)34-29-30-39-36-16-5-4-15-35(36)38-21-12-20-37(34)46(38)39/h1-30H. The van der Waals surface area contributed by atoms with Crippen molar-refractivity contribution in [2.45, 2.75) is 0 Å². The van der Waals surface area contributed by atoms with Crippen LogP contribution in [-0.2, 0) is 0 Å². The van der Waals surface area contributed by atoms with Crippen LogP contribution in [0.25, 0.3) is 121 Å². The zero-order valence-electron chi connectivity index (χ0n) is 29.6. The van der Waals surface area contributed by atoms with Gasteiger partial charge >= 0.3 is 0 Å². The lowest BCUT2D eigenvalue weighted by molar-refractivity contribution is 0.671. The molecular formula is C52H30N2O. The molecule has 3 heterocycles. The third-order valence-electron chi connectivity index (χ3n) is 12.0. The molecule has 1 aliphatic rings. The van der Waals surface area contributed by atoms with Gasteiger partial charge in [0.15, 0.2) is 5.58 Å². The highest BCUT2D eigenvalue weighted by Crippen LogP contribution is 2.51. The van der Waals surface area contributed by atoms with Gasteiger partial charge in [-0.15, -0.1) is 0 Å². The molecule has 254 valence electrons. The van der Waals surface area contributed by atoms with E-state index in [4.69, 9.17) is 4.42 Å². The Bertz CT molecular complexity index is 3550. The van der Waals surface area contributed by atoms with E-state index in [0.717, 1.165) is 44.3 Å². The molecule has 3 heteroatoms. The second-order valence-electron chi connectivity index (χ2n) is 14.8. The molecule has 0 aliphatic heterocycles. The van der Waals surface area contributed by atoms with Crippen molar-refractivity contribution in [1.29, 1.82) is 0 Å². The van der Waals surface area contributed by atoms with Crippen molar-refractivity contribution in [3.63, 3.8) is 0 Å². The maximum Gasteiger partial charge on any atom is 0.160 e. The number of para-hydroxylation sites is 4. The number of rotatable bonds is 3. The van der Waals surface area contributed by atoms with Crippen LogP contribution in [0, 0.1) is 0 Å². The molecule has 9 aromatic carbocycles. The minimum atomic E-state index is 0.894. The number of fused-ring (bicyclic) bond motifs is 15. The van der Waals surface area contributed by atoms with Gasteiger partial charge in [-0.3, -0.25) is 0 Å². The molecule has 13 rings (SSSR count). The fourth-order valence-corrected chi connectivity index (χ4v) is 9.85. The largest absolute Gasteiger partial charge is 0.454 e. The SMILES string of the molecule is c1ccc(-n2c3ccccc3c3c2c2oc4ccccc4c2c2c4ccccc4n(-c4ccc(-c5ccc6c7c(cccc57)-c5ccccc5-6)cc4)c23)cc1. The third-order valence-corrected chi connectivity index (χ3v) is 12.0. The summed E-state index contributed by atoms with van der Waals surface area (Å²) in [6, 6.07) is 66.2. The van der Waals surface area contributed by atoms with E-state index in [1.54, 1.807) is 0 Å². The van der Waals surface area contributed by atoms with E-state index >= 15 is 0 Å². The third kappa shape index (κ3) is 3.74. The van der Waals surface area contributed by atoms with Crippen molar-refractivity contribution in [3.8, 4) is 44.8 Å². The molecule has 3 aromatic heterocycles. The predicted octanol–water partition coefficient (Wildman–Crippen LogP) is 14.2. The van der Waals surface area contributed by atoms with Gasteiger partial charge in [0.05, 0.1) is 22.1 Å². The van der Waals surface area contributed by atoms with Gasteiger partial charge in [-0.25, -0.2) is 0 Å². The second-order valence-corrected chi connectivity index (χ2v) is 14.8. The van der Waals surface area contributed by atoms with Crippen LogP contribution >= 0.6 is 0 Å². The van der Waals surface area contributed by atoms with E-state index in [2.05, 4.69) is 191 Å². The van der Waals surface area contributed by atoms with Crippen molar-refractivity contribution < 1.29 is 4.42 Å². The molecule has 0 N–H and O–H groups in total. The summed E-state index contributed by atoms with van der Waals surface area (Å²) >= 11 is 0. The van der Waals surface area contributed by atoms with Gasteiger partial charge in [0.2, 0.25) is 0 Å². The Balaban J connectivity index is 1.14. The summed E-state index contributed by atoms with van der Waals surface area (Å²) in [6.07, 6.45) is 0. The van der Waals surface area contributed by atoms with Crippen LogP contribution < -0.4 is 0 Å². The highest BCUT2D eigenvalue weighted by molar-refractivity contribution is 6.39. The fraction of sp³-hybridized carbons (Fsp3) is 0. The normalized spacial score (nSPS) is 12.4. The molecule has 1 aliphatic carbocycles. The summed E-state index contributed by atoms with van der Waals surface area (Å²) in [5.41, 5.74) is 16.4. The van der Waals surface area contributed by atoms with Crippen LogP contribution in [0.15, 0.2) is 186 Å². The van der Waals surface area contributed by atoms with E-state index in [1.807, 2.05) is 0 Å². The molecule has 12 aromatic rings. The second kappa shape index (κ2) is 10.6. The number of nitrogens with zero attached hydrogens (tertiary/aromatic N) is 2. The Morgan fingerprint density at radius 1 is 0.309 bits per heavy atom. The molecule has 0 saturated carbocycles. The topological polar surface area (TPSA) is 23.0 Å². The summed E-state index contributed by atoms with van der Waals surface area (Å²) in [4.78, 5) is 0. The lowest BCUT2D eigenvalue weighted by atomic mass is 9.94. The monoisotopic (exact) mass is 698 g/mol. The van der Waals surface area contributed by atoms with E-state index in [0.29, 0.717) is 0 Å². The van der Waals surface area contributed by atoms with Crippen LogP contribution in [0.5, 0.6) is 0 Å². The number of furan rings is 1. The fourth-order valence-electron chi connectivity index (χ4n) is 9.85. The van der Waals surface area contributed by atoms with Crippen LogP contribution in [0.4, 0.5) is 0 Å². The molecule has 0 bridgehead atoms. The molecule has 55 heavy (non-hydrogen) atoms. The van der Waals surface area contributed by atoms with Crippen LogP contribution in [0.2, 0.25) is 0 Å². The molecule has 3 nitrogen and oxygen atoms in total. The first-order valence-electron chi connectivity index (χ1n) is 18.9. The highest BCUT2D eigenvalue weighted by Gasteiger charge is 2.28. The Hall–Kier alpha value is -7.36. The van der Waals surface area contributed by atoms with Crippen molar-refractivity contribution in [2.75, 3.05) is 0 Å². The van der Waals surface area contributed by atoms with E-state index in [-0.39, 0.29) is 0 Å². The average Bonchev–Trinajstić information content (AvgIpc) is 3.99. The number of hydrogen-bond donors (Lipinski definition) is 0. The Morgan fingerprint density at radius 2 is 0.855 bits per heavy atom. The lowest BCUT2D eigenvalue weighted by Crippen LogP contribution is -1.96. The van der Waals surface area contributed by atoms with Gasteiger partial charge in [0, 0.05) is 43.7 Å². The van der Waals surface area contributed by atoms with Crippen molar-refractivity contribution >= 4 is 76.3 Å². The summed E-state index contributed by atoms with van der Waals surface area (Å²) in [7, 11) is 0. The Labute approximate surface area is 315 Å². The molecule has 0 fully saturated rings. The summed E-state index contributed by atoms with van der Waals surface area (Å²) in [6.45, 7) is 0. The van der Waals surface area contributed by atoms with Crippen molar-refractivity contribution in [3.05, 3.63) is 182 Å². The minimum Gasteiger partial charge on any atom is -0.454 e. The van der Waals surface area contributed by atoms with Crippen molar-refractivity contribution in [2.24, 2.45) is 0 Å². The van der Waals surface area contributed by atoms with Crippen LogP contribution in [0.1, 0.15) is 0 Å². The average molecular weight is 699 g/mol. The zero-order valence-corrected chi connectivity index (χ0v) is 29.6. The quantitative estimate of drug-likeness (QED) is 0.180. The van der Waals surface area contributed by atoms with Gasteiger partial charge in [-0.1, -0.05) is 140 Å². The first kappa shape index (κ1) is 29.1. The molecular weight excluding hydrogens is 669 g/mol. The molecule has 0 unspecified atom stereocenters. The molecule has 0 spiro atoms. The van der Waals surface area contributed by atoms with Gasteiger partial charge in [-0.2, -0.15) is 0 Å². The van der Waals surface area contributed by atoms with E-state index in [9.17, 15) is 0 Å². The summed E-state index contributed by atoms with van der Waals surface area (Å²) in [5.74, 6) is 0. The first-order chi connectivity index (χ1) is 27.3. The van der Waals surface area contributed by atoms with Crippen LogP contribution in [-0.4, -0.2) is 9.13 Å². The number of aromatic nitrogens is 2.